The Labute approximate surface area is 149 Å². The van der Waals surface area contributed by atoms with Crippen LogP contribution in [0.4, 0.5) is 10.1 Å². The number of halogens is 1. The van der Waals surface area contributed by atoms with Crippen molar-refractivity contribution >= 4 is 23.4 Å². The Morgan fingerprint density at radius 1 is 1.12 bits per heavy atom. The summed E-state index contributed by atoms with van der Waals surface area (Å²) in [4.78, 5) is 37.6. The lowest BCUT2D eigenvalue weighted by Crippen LogP contribution is -2.32. The van der Waals surface area contributed by atoms with Gasteiger partial charge in [-0.15, -0.1) is 0 Å². The Bertz CT molecular complexity index is 847. The highest BCUT2D eigenvalue weighted by Crippen LogP contribution is 2.23. The number of carbonyl (C=O) groups is 3. The summed E-state index contributed by atoms with van der Waals surface area (Å²) in [6.45, 7) is 2.04. The highest BCUT2D eigenvalue weighted by molar-refractivity contribution is 6.21. The van der Waals surface area contributed by atoms with E-state index in [1.54, 1.807) is 31.2 Å². The van der Waals surface area contributed by atoms with Crippen LogP contribution in [0.2, 0.25) is 0 Å². The van der Waals surface area contributed by atoms with Crippen LogP contribution in [0.15, 0.2) is 42.5 Å². The van der Waals surface area contributed by atoms with Gasteiger partial charge in [0.2, 0.25) is 5.91 Å². The van der Waals surface area contributed by atoms with E-state index in [2.05, 4.69) is 5.32 Å². The Morgan fingerprint density at radius 2 is 1.77 bits per heavy atom. The van der Waals surface area contributed by atoms with Gasteiger partial charge in [-0.25, -0.2) is 4.39 Å². The first kappa shape index (κ1) is 17.6. The van der Waals surface area contributed by atoms with Gasteiger partial charge < -0.3 is 10.1 Å². The molecule has 7 heteroatoms. The standard InChI is InChI=1S/C19H17FN2O4/c1-2-26-16-8-7-12(11-15(16)20)21-17(23)9-10-22-18(24)13-5-3-4-6-14(13)19(22)25/h3-8,11H,2,9-10H2,1H3,(H,21,23). The summed E-state index contributed by atoms with van der Waals surface area (Å²) < 4.78 is 18.9. The lowest BCUT2D eigenvalue weighted by atomic mass is 10.1. The fourth-order valence-corrected chi connectivity index (χ4v) is 2.73. The molecule has 0 atom stereocenters. The number of amides is 3. The third kappa shape index (κ3) is 3.42. The van der Waals surface area contributed by atoms with Crippen LogP contribution in [0.1, 0.15) is 34.1 Å². The number of nitrogens with one attached hydrogen (secondary N) is 1. The zero-order valence-corrected chi connectivity index (χ0v) is 14.1. The fraction of sp³-hybridized carbons (Fsp3) is 0.211. The first-order chi connectivity index (χ1) is 12.5. The molecule has 0 bridgehead atoms. The van der Waals surface area contributed by atoms with Crippen LogP contribution in [-0.2, 0) is 4.79 Å². The van der Waals surface area contributed by atoms with Gasteiger partial charge in [-0.3, -0.25) is 19.3 Å². The van der Waals surface area contributed by atoms with Crippen molar-refractivity contribution in [2.45, 2.75) is 13.3 Å². The molecule has 1 aliphatic heterocycles. The second-order valence-corrected chi connectivity index (χ2v) is 5.68. The zero-order chi connectivity index (χ0) is 18.7. The van der Waals surface area contributed by atoms with Gasteiger partial charge in [-0.05, 0) is 31.2 Å². The Hall–Kier alpha value is -3.22. The van der Waals surface area contributed by atoms with E-state index < -0.39 is 23.5 Å². The number of rotatable bonds is 6. The van der Waals surface area contributed by atoms with Crippen LogP contribution in [-0.4, -0.2) is 35.8 Å². The van der Waals surface area contributed by atoms with Crippen LogP contribution >= 0.6 is 0 Å². The first-order valence-electron chi connectivity index (χ1n) is 8.18. The Kier molecular flexibility index (Phi) is 4.97. The maximum Gasteiger partial charge on any atom is 0.261 e. The quantitative estimate of drug-likeness (QED) is 0.808. The molecule has 0 fully saturated rings. The number of hydrogen-bond donors (Lipinski definition) is 1. The van der Waals surface area contributed by atoms with Crippen LogP contribution in [0, 0.1) is 5.82 Å². The number of benzene rings is 2. The molecule has 0 spiro atoms. The van der Waals surface area contributed by atoms with Gasteiger partial charge in [0.15, 0.2) is 11.6 Å². The molecule has 26 heavy (non-hydrogen) atoms. The van der Waals surface area contributed by atoms with Crippen LogP contribution in [0.5, 0.6) is 5.75 Å². The van der Waals surface area contributed by atoms with Crippen molar-refractivity contribution in [2.24, 2.45) is 0 Å². The average Bonchev–Trinajstić information content (AvgIpc) is 2.87. The molecule has 0 unspecified atom stereocenters. The molecule has 3 rings (SSSR count). The lowest BCUT2D eigenvalue weighted by Gasteiger charge is -2.13. The van der Waals surface area contributed by atoms with Gasteiger partial charge in [0.25, 0.3) is 11.8 Å². The summed E-state index contributed by atoms with van der Waals surface area (Å²) in [5.41, 5.74) is 0.955. The van der Waals surface area contributed by atoms with Crippen molar-refractivity contribution in [2.75, 3.05) is 18.5 Å². The molecule has 3 amide bonds. The molecule has 1 N–H and O–H groups in total. The van der Waals surface area contributed by atoms with Crippen LogP contribution in [0.3, 0.4) is 0 Å². The van der Waals surface area contributed by atoms with Crippen LogP contribution in [0.25, 0.3) is 0 Å². The Balaban J connectivity index is 1.59. The second-order valence-electron chi connectivity index (χ2n) is 5.68. The lowest BCUT2D eigenvalue weighted by molar-refractivity contribution is -0.116. The number of imide groups is 1. The fourth-order valence-electron chi connectivity index (χ4n) is 2.73. The molecule has 134 valence electrons. The van der Waals surface area contributed by atoms with E-state index in [1.807, 2.05) is 0 Å². The summed E-state index contributed by atoms with van der Waals surface area (Å²) in [6, 6.07) is 10.6. The maximum atomic E-state index is 13.8. The summed E-state index contributed by atoms with van der Waals surface area (Å²) in [5, 5.41) is 2.54. The number of anilines is 1. The topological polar surface area (TPSA) is 75.7 Å². The number of ether oxygens (including phenoxy) is 1. The molecule has 0 saturated heterocycles. The average molecular weight is 356 g/mol. The number of nitrogens with zero attached hydrogens (tertiary/aromatic N) is 1. The van der Waals surface area contributed by atoms with Crippen molar-refractivity contribution in [3.8, 4) is 5.75 Å². The Morgan fingerprint density at radius 3 is 2.35 bits per heavy atom. The molecule has 1 heterocycles. The molecule has 2 aromatic carbocycles. The number of fused-ring (bicyclic) bond motifs is 1. The van der Waals surface area contributed by atoms with Gasteiger partial charge in [0.05, 0.1) is 17.7 Å². The van der Waals surface area contributed by atoms with E-state index in [1.165, 1.54) is 12.1 Å². The molecule has 2 aromatic rings. The molecule has 6 nitrogen and oxygen atoms in total. The van der Waals surface area contributed by atoms with Gasteiger partial charge >= 0.3 is 0 Å². The van der Waals surface area contributed by atoms with E-state index in [9.17, 15) is 18.8 Å². The molecular weight excluding hydrogens is 339 g/mol. The predicted octanol–water partition coefficient (Wildman–Crippen LogP) is 2.85. The minimum Gasteiger partial charge on any atom is -0.491 e. The van der Waals surface area contributed by atoms with Gasteiger partial charge in [-0.2, -0.15) is 0 Å². The highest BCUT2D eigenvalue weighted by atomic mass is 19.1. The molecular formula is C19H17FN2O4. The number of carbonyl (C=O) groups excluding carboxylic acids is 3. The molecule has 0 radical (unpaired) electrons. The SMILES string of the molecule is CCOc1ccc(NC(=O)CCN2C(=O)c3ccccc3C2=O)cc1F. The summed E-state index contributed by atoms with van der Waals surface area (Å²) >= 11 is 0. The molecule has 1 aliphatic rings. The van der Waals surface area contributed by atoms with E-state index in [0.717, 1.165) is 11.0 Å². The van der Waals surface area contributed by atoms with E-state index in [4.69, 9.17) is 4.74 Å². The highest BCUT2D eigenvalue weighted by Gasteiger charge is 2.34. The molecule has 0 aliphatic carbocycles. The predicted molar refractivity (Wildman–Crippen MR) is 92.6 cm³/mol. The largest absolute Gasteiger partial charge is 0.491 e. The van der Waals surface area contributed by atoms with E-state index in [-0.39, 0.29) is 24.4 Å². The van der Waals surface area contributed by atoms with Gasteiger partial charge in [-0.1, -0.05) is 12.1 Å². The minimum absolute atomic E-state index is 0.0440. The third-order valence-corrected chi connectivity index (χ3v) is 3.96. The summed E-state index contributed by atoms with van der Waals surface area (Å²) in [6.07, 6.45) is -0.0830. The smallest absolute Gasteiger partial charge is 0.261 e. The summed E-state index contributed by atoms with van der Waals surface area (Å²) in [7, 11) is 0. The normalized spacial score (nSPS) is 12.9. The van der Waals surface area contributed by atoms with Crippen molar-refractivity contribution < 1.29 is 23.5 Å². The van der Waals surface area contributed by atoms with Crippen molar-refractivity contribution in [3.05, 3.63) is 59.4 Å². The second kappa shape index (κ2) is 7.35. The molecule has 0 saturated carbocycles. The van der Waals surface area contributed by atoms with Crippen LogP contribution < -0.4 is 10.1 Å². The minimum atomic E-state index is -0.579. The van der Waals surface area contributed by atoms with E-state index >= 15 is 0 Å². The summed E-state index contributed by atoms with van der Waals surface area (Å²) in [5.74, 6) is -1.72. The monoisotopic (exact) mass is 356 g/mol. The van der Waals surface area contributed by atoms with E-state index in [0.29, 0.717) is 17.7 Å². The van der Waals surface area contributed by atoms with Crippen molar-refractivity contribution in [1.29, 1.82) is 0 Å². The number of hydrogen-bond acceptors (Lipinski definition) is 4. The first-order valence-corrected chi connectivity index (χ1v) is 8.18. The zero-order valence-electron chi connectivity index (χ0n) is 14.1. The third-order valence-electron chi connectivity index (χ3n) is 3.96. The maximum absolute atomic E-state index is 13.8. The van der Waals surface area contributed by atoms with Gasteiger partial charge in [0, 0.05) is 24.7 Å². The van der Waals surface area contributed by atoms with Gasteiger partial charge in [0.1, 0.15) is 0 Å². The van der Waals surface area contributed by atoms with Crippen molar-refractivity contribution in [3.63, 3.8) is 0 Å². The van der Waals surface area contributed by atoms with Crippen molar-refractivity contribution in [1.82, 2.24) is 4.90 Å². The molecule has 0 aromatic heterocycles.